The fraction of sp³-hybridized carbons (Fsp3) is 0.500. The van der Waals surface area contributed by atoms with Crippen molar-refractivity contribution in [3.63, 3.8) is 0 Å². The van der Waals surface area contributed by atoms with Crippen molar-refractivity contribution >= 4 is 22.6 Å². The Morgan fingerprint density at radius 3 is 2.33 bits per heavy atom. The van der Waals surface area contributed by atoms with Gasteiger partial charge in [-0.25, -0.2) is 15.0 Å². The van der Waals surface area contributed by atoms with E-state index in [2.05, 4.69) is 15.0 Å². The van der Waals surface area contributed by atoms with Crippen LogP contribution in [0.1, 0.15) is 35.8 Å². The third-order valence-corrected chi connectivity index (χ3v) is 4.24. The predicted octanol–water partition coefficient (Wildman–Crippen LogP) is 4.35. The highest BCUT2D eigenvalue weighted by molar-refractivity contribution is 6.30. The smallest absolute Gasteiger partial charge is 0.249 e. The Morgan fingerprint density at radius 1 is 1.10 bits per heavy atom. The van der Waals surface area contributed by atoms with Crippen LogP contribution in [-0.4, -0.2) is 21.1 Å². The number of rotatable bonds is 1. The number of aromatic nitrogens is 3. The van der Waals surface area contributed by atoms with Crippen LogP contribution >= 0.6 is 11.6 Å². The maximum absolute atomic E-state index is 12.6. The van der Waals surface area contributed by atoms with Crippen LogP contribution in [0.3, 0.4) is 0 Å². The first-order chi connectivity index (χ1) is 9.75. The van der Waals surface area contributed by atoms with Crippen LogP contribution in [-0.2, 0) is 0 Å². The van der Waals surface area contributed by atoms with E-state index in [0.717, 1.165) is 11.4 Å². The second-order valence-electron chi connectivity index (χ2n) is 5.50. The van der Waals surface area contributed by atoms with E-state index in [1.807, 2.05) is 13.8 Å². The monoisotopic (exact) mass is 315 g/mol. The molecule has 0 aliphatic heterocycles. The van der Waals surface area contributed by atoms with E-state index in [4.69, 9.17) is 11.6 Å². The molecule has 7 heteroatoms. The number of halogens is 4. The Hall–Kier alpha value is -1.43. The molecule has 112 valence electrons. The van der Waals surface area contributed by atoms with Gasteiger partial charge in [-0.1, -0.05) is 11.6 Å². The van der Waals surface area contributed by atoms with Crippen molar-refractivity contribution in [2.45, 2.75) is 38.8 Å². The van der Waals surface area contributed by atoms with Gasteiger partial charge in [0.2, 0.25) is 0 Å². The number of pyridine rings is 1. The van der Waals surface area contributed by atoms with Crippen molar-refractivity contribution in [2.75, 3.05) is 0 Å². The van der Waals surface area contributed by atoms with Gasteiger partial charge in [-0.05, 0) is 26.7 Å². The van der Waals surface area contributed by atoms with Gasteiger partial charge in [0.25, 0.3) is 0 Å². The molecule has 1 fully saturated rings. The van der Waals surface area contributed by atoms with Crippen LogP contribution in [0.25, 0.3) is 11.0 Å². The lowest BCUT2D eigenvalue weighted by Gasteiger charge is -2.36. The number of alkyl halides is 3. The maximum atomic E-state index is 12.6. The summed E-state index contributed by atoms with van der Waals surface area (Å²) in [5.41, 5.74) is 3.21. The first-order valence-corrected chi connectivity index (χ1v) is 7.01. The molecule has 1 aliphatic rings. The second kappa shape index (κ2) is 4.80. The summed E-state index contributed by atoms with van der Waals surface area (Å²) in [6.45, 7) is 3.65. The van der Waals surface area contributed by atoms with Gasteiger partial charge in [-0.15, -0.1) is 0 Å². The summed E-state index contributed by atoms with van der Waals surface area (Å²) in [6.07, 6.45) is -4.05. The largest absolute Gasteiger partial charge is 0.391 e. The average molecular weight is 316 g/mol. The van der Waals surface area contributed by atoms with Gasteiger partial charge in [0.1, 0.15) is 10.7 Å². The molecule has 21 heavy (non-hydrogen) atoms. The summed E-state index contributed by atoms with van der Waals surface area (Å²) < 4.78 is 37.9. The Bertz CT molecular complexity index is 709. The van der Waals surface area contributed by atoms with Gasteiger partial charge in [0.05, 0.1) is 28.5 Å². The van der Waals surface area contributed by atoms with Gasteiger partial charge >= 0.3 is 6.18 Å². The molecule has 0 aromatic carbocycles. The van der Waals surface area contributed by atoms with E-state index in [-0.39, 0.29) is 23.9 Å². The molecule has 0 N–H and O–H groups in total. The zero-order chi connectivity index (χ0) is 15.4. The Balaban J connectivity index is 2.02. The number of hydrogen-bond acceptors (Lipinski definition) is 3. The van der Waals surface area contributed by atoms with E-state index >= 15 is 0 Å². The van der Waals surface area contributed by atoms with E-state index in [0.29, 0.717) is 16.7 Å². The highest BCUT2D eigenvalue weighted by Gasteiger charge is 2.49. The Labute approximate surface area is 124 Å². The maximum Gasteiger partial charge on any atom is 0.391 e. The summed E-state index contributed by atoms with van der Waals surface area (Å²) in [5.74, 6) is -1.51. The topological polar surface area (TPSA) is 38.7 Å². The molecular formula is C14H13ClF3N3. The zero-order valence-corrected chi connectivity index (χ0v) is 12.3. The van der Waals surface area contributed by atoms with Gasteiger partial charge in [-0.3, -0.25) is 0 Å². The van der Waals surface area contributed by atoms with Crippen molar-refractivity contribution in [1.82, 2.24) is 15.0 Å². The van der Waals surface area contributed by atoms with Crippen LogP contribution in [0.15, 0.2) is 6.07 Å². The standard InChI is InChI=1S/C14H13ClF3N3/c1-6-7(2)20-13-10(19-6)5-11(15)21-12(13)8-3-9(4-8)14(16,17)18/h5,8-9H,3-4H2,1-2H3. The third kappa shape index (κ3) is 2.57. The van der Waals surface area contributed by atoms with Gasteiger partial charge < -0.3 is 0 Å². The second-order valence-corrected chi connectivity index (χ2v) is 5.89. The minimum Gasteiger partial charge on any atom is -0.249 e. The normalized spacial score (nSPS) is 22.4. The highest BCUT2D eigenvalue weighted by Crippen LogP contribution is 2.50. The number of hydrogen-bond donors (Lipinski definition) is 0. The van der Waals surface area contributed by atoms with E-state index in [1.54, 1.807) is 6.07 Å². The summed E-state index contributed by atoms with van der Waals surface area (Å²) in [5, 5.41) is 0.241. The van der Waals surface area contributed by atoms with Crippen LogP contribution in [0, 0.1) is 19.8 Å². The van der Waals surface area contributed by atoms with E-state index in [1.165, 1.54) is 0 Å². The molecule has 0 amide bonds. The van der Waals surface area contributed by atoms with E-state index < -0.39 is 12.1 Å². The summed E-state index contributed by atoms with van der Waals surface area (Å²) in [6, 6.07) is 1.60. The minimum atomic E-state index is -4.14. The summed E-state index contributed by atoms with van der Waals surface area (Å²) in [7, 11) is 0. The predicted molar refractivity (Wildman–Crippen MR) is 73.3 cm³/mol. The van der Waals surface area contributed by atoms with Gasteiger partial charge in [-0.2, -0.15) is 13.2 Å². The molecular weight excluding hydrogens is 303 g/mol. The number of nitrogens with zero attached hydrogens (tertiary/aromatic N) is 3. The molecule has 0 atom stereocenters. The lowest BCUT2D eigenvalue weighted by atomic mass is 9.72. The zero-order valence-electron chi connectivity index (χ0n) is 11.5. The van der Waals surface area contributed by atoms with Crippen LogP contribution < -0.4 is 0 Å². The molecule has 1 aliphatic carbocycles. The fourth-order valence-electron chi connectivity index (χ4n) is 2.62. The molecule has 0 bridgehead atoms. The molecule has 0 radical (unpaired) electrons. The quantitative estimate of drug-likeness (QED) is 0.734. The lowest BCUT2D eigenvalue weighted by Crippen LogP contribution is -2.35. The van der Waals surface area contributed by atoms with E-state index in [9.17, 15) is 13.2 Å². The van der Waals surface area contributed by atoms with Crippen LogP contribution in [0.5, 0.6) is 0 Å². The molecule has 2 aromatic heterocycles. The lowest BCUT2D eigenvalue weighted by molar-refractivity contribution is -0.197. The molecule has 1 saturated carbocycles. The molecule has 0 saturated heterocycles. The van der Waals surface area contributed by atoms with Crippen LogP contribution in [0.4, 0.5) is 13.2 Å². The summed E-state index contributed by atoms with van der Waals surface area (Å²) in [4.78, 5) is 13.0. The van der Waals surface area contributed by atoms with Crippen LogP contribution in [0.2, 0.25) is 5.15 Å². The van der Waals surface area contributed by atoms with Crippen molar-refractivity contribution in [3.05, 3.63) is 28.3 Å². The molecule has 2 aromatic rings. The SMILES string of the molecule is Cc1nc2cc(Cl)nc(C3CC(C(F)(F)F)C3)c2nc1C. The first kappa shape index (κ1) is 14.5. The highest BCUT2D eigenvalue weighted by atomic mass is 35.5. The number of fused-ring (bicyclic) bond motifs is 1. The molecule has 2 heterocycles. The van der Waals surface area contributed by atoms with Crippen molar-refractivity contribution in [3.8, 4) is 0 Å². The molecule has 0 spiro atoms. The van der Waals surface area contributed by atoms with Crippen molar-refractivity contribution in [2.24, 2.45) is 5.92 Å². The fourth-order valence-corrected chi connectivity index (χ4v) is 2.81. The van der Waals surface area contributed by atoms with Gasteiger partial charge in [0, 0.05) is 12.0 Å². The molecule has 3 nitrogen and oxygen atoms in total. The van der Waals surface area contributed by atoms with Crippen molar-refractivity contribution < 1.29 is 13.2 Å². The first-order valence-electron chi connectivity index (χ1n) is 6.64. The minimum absolute atomic E-state index is 0.0422. The molecule has 0 unspecified atom stereocenters. The van der Waals surface area contributed by atoms with Crippen molar-refractivity contribution in [1.29, 1.82) is 0 Å². The average Bonchev–Trinajstić information content (AvgIpc) is 2.27. The Kier molecular flexibility index (Phi) is 3.31. The third-order valence-electron chi connectivity index (χ3n) is 4.05. The molecule has 3 rings (SSSR count). The summed E-state index contributed by atoms with van der Waals surface area (Å²) >= 11 is 5.97. The number of aryl methyl sites for hydroxylation is 2. The Morgan fingerprint density at radius 2 is 1.71 bits per heavy atom. The van der Waals surface area contributed by atoms with Gasteiger partial charge in [0.15, 0.2) is 0 Å².